The predicted molar refractivity (Wildman–Crippen MR) is 102 cm³/mol. The lowest BCUT2D eigenvalue weighted by Gasteiger charge is -2.14. The number of hydrogen-bond acceptors (Lipinski definition) is 7. The Balaban J connectivity index is 1.82. The highest BCUT2D eigenvalue weighted by Crippen LogP contribution is 2.32. The van der Waals surface area contributed by atoms with E-state index in [9.17, 15) is 19.5 Å². The van der Waals surface area contributed by atoms with E-state index in [1.807, 2.05) is 30.3 Å². The van der Waals surface area contributed by atoms with Crippen molar-refractivity contribution in [1.82, 2.24) is 9.97 Å². The van der Waals surface area contributed by atoms with Crippen LogP contribution in [0.5, 0.6) is 5.75 Å². The number of carbonyl (C=O) groups is 2. The fourth-order valence-corrected chi connectivity index (χ4v) is 3.20. The van der Waals surface area contributed by atoms with Crippen LogP contribution in [0, 0.1) is 0 Å². The first kappa shape index (κ1) is 19.1. The van der Waals surface area contributed by atoms with E-state index >= 15 is 0 Å². The Morgan fingerprint density at radius 3 is 2.64 bits per heavy atom. The number of benzene rings is 1. The average molecular weight is 401 g/mol. The van der Waals surface area contributed by atoms with Crippen molar-refractivity contribution in [3.63, 3.8) is 0 Å². The van der Waals surface area contributed by atoms with Gasteiger partial charge in [0.1, 0.15) is 6.10 Å². The van der Waals surface area contributed by atoms with Crippen LogP contribution in [0.4, 0.5) is 10.5 Å². The van der Waals surface area contributed by atoms with Crippen molar-refractivity contribution in [3.05, 3.63) is 63.4 Å². The molecule has 0 spiro atoms. The van der Waals surface area contributed by atoms with Gasteiger partial charge in [-0.05, 0) is 23.9 Å². The van der Waals surface area contributed by atoms with Crippen molar-refractivity contribution >= 4 is 29.1 Å². The van der Waals surface area contributed by atoms with Gasteiger partial charge in [-0.25, -0.2) is 14.6 Å². The molecule has 144 valence electrons. The zero-order chi connectivity index (χ0) is 20.3. The average Bonchev–Trinajstić information content (AvgIpc) is 3.12. The molecule has 1 unspecified atom stereocenters. The maximum Gasteiger partial charge on any atom is 0.412 e. The Hall–Kier alpha value is -3.66. The number of ether oxygens (including phenoxy) is 1. The Bertz CT molecular complexity index is 1080. The number of aromatic nitrogens is 2. The van der Waals surface area contributed by atoms with E-state index < -0.39 is 35.2 Å². The van der Waals surface area contributed by atoms with Gasteiger partial charge in [-0.15, -0.1) is 11.3 Å². The molecular formula is C18H15N3O6S. The Morgan fingerprint density at radius 2 is 1.96 bits per heavy atom. The molecule has 3 aromatic rings. The number of amides is 1. The second kappa shape index (κ2) is 7.92. The molecular weight excluding hydrogens is 386 g/mol. The number of aromatic carboxylic acids is 1. The molecule has 0 aliphatic heterocycles. The number of nitrogens with zero attached hydrogens (tertiary/aromatic N) is 1. The first-order chi connectivity index (χ1) is 13.4. The summed E-state index contributed by atoms with van der Waals surface area (Å²) in [5.74, 6) is -2.63. The van der Waals surface area contributed by atoms with E-state index in [0.717, 1.165) is 16.9 Å². The third-order valence-corrected chi connectivity index (χ3v) is 4.69. The van der Waals surface area contributed by atoms with Crippen LogP contribution in [-0.4, -0.2) is 32.2 Å². The third-order valence-electron chi connectivity index (χ3n) is 3.77. The van der Waals surface area contributed by atoms with Crippen LogP contribution in [0.2, 0.25) is 0 Å². The topological polar surface area (TPSA) is 142 Å². The highest BCUT2D eigenvalue weighted by atomic mass is 32.1. The highest BCUT2D eigenvalue weighted by molar-refractivity contribution is 7.14. The number of H-pyrrole nitrogens is 1. The largest absolute Gasteiger partial charge is 0.501 e. The van der Waals surface area contributed by atoms with Crippen LogP contribution in [0.1, 0.15) is 29.1 Å². The van der Waals surface area contributed by atoms with E-state index in [-0.39, 0.29) is 11.5 Å². The lowest BCUT2D eigenvalue weighted by Crippen LogP contribution is -2.17. The lowest BCUT2D eigenvalue weighted by molar-refractivity contribution is 0.0686. The first-order valence-corrected chi connectivity index (χ1v) is 8.91. The second-order valence-corrected chi connectivity index (χ2v) is 6.58. The van der Waals surface area contributed by atoms with Crippen LogP contribution in [0.3, 0.4) is 0 Å². The molecule has 0 saturated carbocycles. The maximum atomic E-state index is 12.2. The van der Waals surface area contributed by atoms with Gasteiger partial charge in [-0.3, -0.25) is 10.1 Å². The van der Waals surface area contributed by atoms with Crippen molar-refractivity contribution in [3.8, 4) is 16.5 Å². The molecule has 4 N–H and O–H groups in total. The summed E-state index contributed by atoms with van der Waals surface area (Å²) >= 11 is 1.12. The summed E-state index contributed by atoms with van der Waals surface area (Å²) in [6.07, 6.45) is -1.22. The summed E-state index contributed by atoms with van der Waals surface area (Å²) < 4.78 is 5.33. The third kappa shape index (κ3) is 4.01. The number of hydrogen-bond donors (Lipinski definition) is 4. The summed E-state index contributed by atoms with van der Waals surface area (Å²) in [5, 5.41) is 22.8. The molecule has 1 atom stereocenters. The Kier molecular flexibility index (Phi) is 5.41. The number of anilines is 1. The molecule has 0 saturated heterocycles. The van der Waals surface area contributed by atoms with Crippen molar-refractivity contribution in [2.24, 2.45) is 0 Å². The fourth-order valence-electron chi connectivity index (χ4n) is 2.41. The zero-order valence-electron chi connectivity index (χ0n) is 14.5. The van der Waals surface area contributed by atoms with Crippen molar-refractivity contribution in [1.29, 1.82) is 0 Å². The van der Waals surface area contributed by atoms with E-state index in [1.54, 1.807) is 18.4 Å². The number of nitrogens with one attached hydrogen (secondary N) is 2. The molecule has 1 aromatic carbocycles. The smallest absolute Gasteiger partial charge is 0.412 e. The van der Waals surface area contributed by atoms with Crippen molar-refractivity contribution < 1.29 is 24.5 Å². The highest BCUT2D eigenvalue weighted by Gasteiger charge is 2.21. The lowest BCUT2D eigenvalue weighted by atomic mass is 10.1. The van der Waals surface area contributed by atoms with Gasteiger partial charge < -0.3 is 19.9 Å². The van der Waals surface area contributed by atoms with Crippen molar-refractivity contribution in [2.45, 2.75) is 13.0 Å². The molecule has 10 heteroatoms. The standard InChI is InChI=1S/C18H15N3O6S/c1-9(10-5-3-2-4-6-10)27-18(26)19-11-7-8-28-14(11)15-20-12(17(24)25)13(22)16(23)21-15/h2-9,22H,1H3,(H,19,26)(H,24,25)(H,20,21,23). The second-order valence-electron chi connectivity index (χ2n) is 5.66. The van der Waals surface area contributed by atoms with Gasteiger partial charge in [0.15, 0.2) is 11.5 Å². The minimum absolute atomic E-state index is 0.0957. The molecule has 2 aromatic heterocycles. The molecule has 0 aliphatic rings. The van der Waals surface area contributed by atoms with Gasteiger partial charge in [0.25, 0.3) is 5.56 Å². The van der Waals surface area contributed by atoms with E-state index in [2.05, 4.69) is 15.3 Å². The van der Waals surface area contributed by atoms with Gasteiger partial charge in [-0.1, -0.05) is 30.3 Å². The minimum atomic E-state index is -1.55. The molecule has 1 amide bonds. The van der Waals surface area contributed by atoms with Crippen LogP contribution >= 0.6 is 11.3 Å². The molecule has 9 nitrogen and oxygen atoms in total. The fraction of sp³-hybridized carbons (Fsp3) is 0.111. The van der Waals surface area contributed by atoms with Crippen LogP contribution in [-0.2, 0) is 4.74 Å². The zero-order valence-corrected chi connectivity index (χ0v) is 15.3. The van der Waals surface area contributed by atoms with Crippen LogP contribution in [0.25, 0.3) is 10.7 Å². The molecule has 0 fully saturated rings. The molecule has 28 heavy (non-hydrogen) atoms. The number of thiophene rings is 1. The molecule has 3 rings (SSSR count). The maximum absolute atomic E-state index is 12.2. The van der Waals surface area contributed by atoms with E-state index in [1.165, 1.54) is 0 Å². The number of aromatic amines is 1. The Morgan fingerprint density at radius 1 is 1.25 bits per heavy atom. The predicted octanol–water partition coefficient (Wildman–Crippen LogP) is 3.21. The molecule has 0 radical (unpaired) electrons. The van der Waals surface area contributed by atoms with Crippen LogP contribution in [0.15, 0.2) is 46.6 Å². The summed E-state index contributed by atoms with van der Waals surface area (Å²) in [6.45, 7) is 1.72. The molecule has 2 heterocycles. The number of carboxylic acid groups (broad SMARTS) is 1. The summed E-state index contributed by atoms with van der Waals surface area (Å²) in [6, 6.07) is 10.7. The minimum Gasteiger partial charge on any atom is -0.501 e. The van der Waals surface area contributed by atoms with Crippen molar-refractivity contribution in [2.75, 3.05) is 5.32 Å². The van der Waals surface area contributed by atoms with Gasteiger partial charge >= 0.3 is 12.1 Å². The monoisotopic (exact) mass is 401 g/mol. The summed E-state index contributed by atoms with van der Waals surface area (Å²) in [5.41, 5.74) is -0.681. The van der Waals surface area contributed by atoms with Gasteiger partial charge in [0.2, 0.25) is 5.75 Å². The van der Waals surface area contributed by atoms with Crippen LogP contribution < -0.4 is 10.9 Å². The SMILES string of the molecule is CC(OC(=O)Nc1ccsc1-c1nc(C(=O)O)c(O)c(=O)[nH]1)c1ccccc1. The molecule has 0 bridgehead atoms. The number of carbonyl (C=O) groups excluding carboxylic acids is 1. The molecule has 0 aliphatic carbocycles. The normalized spacial score (nSPS) is 11.6. The summed E-state index contributed by atoms with van der Waals surface area (Å²) in [4.78, 5) is 41.5. The number of aromatic hydroxyl groups is 1. The number of rotatable bonds is 5. The first-order valence-electron chi connectivity index (χ1n) is 8.04. The van der Waals surface area contributed by atoms with E-state index in [4.69, 9.17) is 9.84 Å². The van der Waals surface area contributed by atoms with Gasteiger partial charge in [-0.2, -0.15) is 0 Å². The van der Waals surface area contributed by atoms with E-state index in [0.29, 0.717) is 4.88 Å². The van der Waals surface area contributed by atoms with Gasteiger partial charge in [0.05, 0.1) is 10.6 Å². The number of carboxylic acids is 1. The quantitative estimate of drug-likeness (QED) is 0.514. The van der Waals surface area contributed by atoms with Gasteiger partial charge in [0, 0.05) is 0 Å². The summed E-state index contributed by atoms with van der Waals surface area (Å²) in [7, 11) is 0. The Labute approximate surface area is 162 Å².